The Bertz CT molecular complexity index is 423. The van der Waals surface area contributed by atoms with Gasteiger partial charge in [-0.15, -0.1) is 0 Å². The molecule has 1 atom stereocenters. The number of para-hydroxylation sites is 1. The van der Waals surface area contributed by atoms with Crippen molar-refractivity contribution < 1.29 is 0 Å². The normalized spacial score (nSPS) is 19.1. The second-order valence-electron chi connectivity index (χ2n) is 7.44. The molecule has 0 bridgehead atoms. The number of rotatable bonds is 3. The first-order valence-corrected chi connectivity index (χ1v) is 7.96. The molecule has 1 unspecified atom stereocenters. The van der Waals surface area contributed by atoms with Crippen LogP contribution in [0.1, 0.15) is 46.1 Å². The molecule has 0 saturated carbocycles. The number of nitrogens with two attached hydrogens (primary N) is 1. The molecule has 1 aliphatic rings. The molecular weight excluding hydrogens is 244 g/mol. The maximum absolute atomic E-state index is 5.98. The van der Waals surface area contributed by atoms with Gasteiger partial charge in [0.2, 0.25) is 0 Å². The smallest absolute Gasteiger partial charge is 0.0399 e. The Morgan fingerprint density at radius 2 is 1.80 bits per heavy atom. The van der Waals surface area contributed by atoms with Crippen LogP contribution in [0.3, 0.4) is 0 Å². The van der Waals surface area contributed by atoms with Crippen molar-refractivity contribution in [3.8, 4) is 0 Å². The average molecular weight is 274 g/mol. The second-order valence-corrected chi connectivity index (χ2v) is 7.44. The maximum atomic E-state index is 5.98. The maximum Gasteiger partial charge on any atom is 0.0399 e. The van der Waals surface area contributed by atoms with Crippen molar-refractivity contribution in [2.75, 3.05) is 18.0 Å². The van der Waals surface area contributed by atoms with Crippen molar-refractivity contribution in [2.45, 2.75) is 53.0 Å². The van der Waals surface area contributed by atoms with Crippen LogP contribution in [0.5, 0.6) is 0 Å². The molecule has 1 aromatic carbocycles. The first-order chi connectivity index (χ1) is 9.38. The van der Waals surface area contributed by atoms with Gasteiger partial charge in [-0.05, 0) is 49.1 Å². The number of anilines is 1. The lowest BCUT2D eigenvalue weighted by atomic mass is 9.75. The molecule has 0 amide bonds. The molecule has 0 aromatic heterocycles. The predicted octanol–water partition coefficient (Wildman–Crippen LogP) is 3.84. The van der Waals surface area contributed by atoms with E-state index in [0.29, 0.717) is 5.41 Å². The van der Waals surface area contributed by atoms with Gasteiger partial charge in [-0.2, -0.15) is 0 Å². The van der Waals surface area contributed by atoms with Gasteiger partial charge in [0.1, 0.15) is 0 Å². The second kappa shape index (κ2) is 6.17. The highest BCUT2D eigenvalue weighted by molar-refractivity contribution is 5.54. The molecule has 20 heavy (non-hydrogen) atoms. The van der Waals surface area contributed by atoms with Crippen molar-refractivity contribution in [3.05, 3.63) is 29.8 Å². The molecule has 2 N–H and O–H groups in total. The van der Waals surface area contributed by atoms with Crippen LogP contribution in [0, 0.1) is 11.3 Å². The monoisotopic (exact) mass is 274 g/mol. The van der Waals surface area contributed by atoms with E-state index >= 15 is 0 Å². The van der Waals surface area contributed by atoms with Crippen molar-refractivity contribution in [3.63, 3.8) is 0 Å². The van der Waals surface area contributed by atoms with Crippen LogP contribution in [-0.4, -0.2) is 19.1 Å². The highest BCUT2D eigenvalue weighted by Gasteiger charge is 2.29. The van der Waals surface area contributed by atoms with E-state index in [1.165, 1.54) is 37.2 Å². The minimum absolute atomic E-state index is 0.225. The number of nitrogens with zero attached hydrogens (tertiary/aromatic N) is 1. The minimum Gasteiger partial charge on any atom is -0.371 e. The largest absolute Gasteiger partial charge is 0.371 e. The van der Waals surface area contributed by atoms with Gasteiger partial charge in [0.25, 0.3) is 0 Å². The van der Waals surface area contributed by atoms with E-state index in [0.717, 1.165) is 12.3 Å². The standard InChI is InChI=1S/C18H30N2/c1-14(19)13-15-7-5-6-8-17(15)20-11-9-16(10-12-20)18(2,3)4/h5-8,14,16H,9-13,19H2,1-4H3. The zero-order chi connectivity index (χ0) is 14.8. The fourth-order valence-corrected chi connectivity index (χ4v) is 3.33. The van der Waals surface area contributed by atoms with Gasteiger partial charge < -0.3 is 10.6 Å². The molecule has 0 aliphatic carbocycles. The highest BCUT2D eigenvalue weighted by atomic mass is 15.1. The fourth-order valence-electron chi connectivity index (χ4n) is 3.33. The van der Waals surface area contributed by atoms with E-state index in [1.807, 2.05) is 0 Å². The minimum atomic E-state index is 0.225. The summed E-state index contributed by atoms with van der Waals surface area (Å²) in [5.74, 6) is 0.847. The summed E-state index contributed by atoms with van der Waals surface area (Å²) in [7, 11) is 0. The van der Waals surface area contributed by atoms with E-state index in [1.54, 1.807) is 0 Å². The van der Waals surface area contributed by atoms with Crippen LogP contribution < -0.4 is 10.6 Å². The summed E-state index contributed by atoms with van der Waals surface area (Å²) in [6.45, 7) is 11.6. The molecule has 1 heterocycles. The summed E-state index contributed by atoms with van der Waals surface area (Å²) >= 11 is 0. The van der Waals surface area contributed by atoms with Gasteiger partial charge in [-0.1, -0.05) is 39.0 Å². The van der Waals surface area contributed by atoms with Crippen LogP contribution in [-0.2, 0) is 6.42 Å². The Labute approximate surface area is 124 Å². The zero-order valence-electron chi connectivity index (χ0n) is 13.5. The molecule has 1 aromatic rings. The van der Waals surface area contributed by atoms with Crippen LogP contribution in [0.25, 0.3) is 0 Å². The number of hydrogen-bond donors (Lipinski definition) is 1. The average Bonchev–Trinajstić information content (AvgIpc) is 2.38. The van der Waals surface area contributed by atoms with E-state index in [9.17, 15) is 0 Å². The Balaban J connectivity index is 2.07. The van der Waals surface area contributed by atoms with Crippen molar-refractivity contribution in [1.29, 1.82) is 0 Å². The van der Waals surface area contributed by atoms with Crippen molar-refractivity contribution in [2.24, 2.45) is 17.1 Å². The molecule has 112 valence electrons. The zero-order valence-corrected chi connectivity index (χ0v) is 13.5. The predicted molar refractivity (Wildman–Crippen MR) is 88.2 cm³/mol. The van der Waals surface area contributed by atoms with Gasteiger partial charge in [0.05, 0.1) is 0 Å². The lowest BCUT2D eigenvalue weighted by molar-refractivity contribution is 0.199. The number of hydrogen-bond acceptors (Lipinski definition) is 2. The van der Waals surface area contributed by atoms with Gasteiger partial charge >= 0.3 is 0 Å². The van der Waals surface area contributed by atoms with E-state index in [2.05, 4.69) is 56.9 Å². The van der Waals surface area contributed by atoms with Gasteiger partial charge in [-0.3, -0.25) is 0 Å². The van der Waals surface area contributed by atoms with Crippen LogP contribution in [0.15, 0.2) is 24.3 Å². The molecule has 1 saturated heterocycles. The van der Waals surface area contributed by atoms with Crippen LogP contribution in [0.4, 0.5) is 5.69 Å². The summed E-state index contributed by atoms with van der Waals surface area (Å²) < 4.78 is 0. The van der Waals surface area contributed by atoms with E-state index in [-0.39, 0.29) is 6.04 Å². The third-order valence-electron chi connectivity index (χ3n) is 4.59. The van der Waals surface area contributed by atoms with Gasteiger partial charge in [0.15, 0.2) is 0 Å². The van der Waals surface area contributed by atoms with E-state index in [4.69, 9.17) is 5.73 Å². The summed E-state index contributed by atoms with van der Waals surface area (Å²) in [6, 6.07) is 8.99. The fraction of sp³-hybridized carbons (Fsp3) is 0.667. The third-order valence-corrected chi connectivity index (χ3v) is 4.59. The molecule has 0 radical (unpaired) electrons. The quantitative estimate of drug-likeness (QED) is 0.907. The molecule has 1 aliphatic heterocycles. The molecule has 0 spiro atoms. The molecular formula is C18H30N2. The summed E-state index contributed by atoms with van der Waals surface area (Å²) in [5.41, 5.74) is 9.23. The van der Waals surface area contributed by atoms with Gasteiger partial charge in [-0.25, -0.2) is 0 Å². The van der Waals surface area contributed by atoms with Crippen LogP contribution in [0.2, 0.25) is 0 Å². The third kappa shape index (κ3) is 3.76. The molecule has 1 fully saturated rings. The lowest BCUT2D eigenvalue weighted by Gasteiger charge is -2.40. The van der Waals surface area contributed by atoms with Gasteiger partial charge in [0, 0.05) is 24.8 Å². The number of piperidine rings is 1. The highest BCUT2D eigenvalue weighted by Crippen LogP contribution is 2.36. The van der Waals surface area contributed by atoms with Crippen molar-refractivity contribution >= 4 is 5.69 Å². The topological polar surface area (TPSA) is 29.3 Å². The van der Waals surface area contributed by atoms with Crippen LogP contribution >= 0.6 is 0 Å². The Morgan fingerprint density at radius 3 is 2.35 bits per heavy atom. The summed E-state index contributed by atoms with van der Waals surface area (Å²) in [6.07, 6.45) is 3.57. The first-order valence-electron chi connectivity index (χ1n) is 7.96. The summed E-state index contributed by atoms with van der Waals surface area (Å²) in [4.78, 5) is 2.56. The molecule has 2 rings (SSSR count). The lowest BCUT2D eigenvalue weighted by Crippen LogP contribution is -2.38. The Kier molecular flexibility index (Phi) is 4.74. The molecule has 2 nitrogen and oxygen atoms in total. The summed E-state index contributed by atoms with van der Waals surface area (Å²) in [5, 5.41) is 0. The first kappa shape index (κ1) is 15.4. The Hall–Kier alpha value is -1.02. The van der Waals surface area contributed by atoms with E-state index < -0.39 is 0 Å². The van der Waals surface area contributed by atoms with Crippen molar-refractivity contribution in [1.82, 2.24) is 0 Å². The Morgan fingerprint density at radius 1 is 1.20 bits per heavy atom. The SMILES string of the molecule is CC(N)Cc1ccccc1N1CCC(C(C)(C)C)CC1. The molecule has 2 heteroatoms. The number of benzene rings is 1.